The van der Waals surface area contributed by atoms with E-state index in [0.29, 0.717) is 11.8 Å². The summed E-state index contributed by atoms with van der Waals surface area (Å²) in [6.45, 7) is 2.08. The molecule has 1 aromatic heterocycles. The third-order valence-electron chi connectivity index (χ3n) is 2.81. The highest BCUT2D eigenvalue weighted by Crippen LogP contribution is 2.39. The van der Waals surface area contributed by atoms with E-state index in [4.69, 9.17) is 4.52 Å². The molecular weight excluding hydrogens is 166 g/mol. The van der Waals surface area contributed by atoms with Crippen molar-refractivity contribution in [1.82, 2.24) is 15.5 Å². The zero-order valence-corrected chi connectivity index (χ0v) is 7.49. The molecule has 1 saturated carbocycles. The predicted molar refractivity (Wildman–Crippen MR) is 46.5 cm³/mol. The van der Waals surface area contributed by atoms with Crippen LogP contribution in [0, 0.1) is 0 Å². The molecule has 1 N–H and O–H groups in total. The summed E-state index contributed by atoms with van der Waals surface area (Å²) in [5.74, 6) is 2.83. The van der Waals surface area contributed by atoms with Crippen LogP contribution in [0.1, 0.15) is 42.8 Å². The fourth-order valence-electron chi connectivity index (χ4n) is 1.78. The van der Waals surface area contributed by atoms with Gasteiger partial charge in [0.15, 0.2) is 5.82 Å². The standard InChI is InChI=1S/C9H13N3O/c1-2-6(1)9-11-8(12-13-9)7-3-4-10-5-7/h6-7,10H,1-5H2/t7-/m1/s1. The van der Waals surface area contributed by atoms with E-state index in [0.717, 1.165) is 31.2 Å². The summed E-state index contributed by atoms with van der Waals surface area (Å²) >= 11 is 0. The predicted octanol–water partition coefficient (Wildman–Crippen LogP) is 1.02. The summed E-state index contributed by atoms with van der Waals surface area (Å²) in [6, 6.07) is 0. The zero-order chi connectivity index (χ0) is 8.67. The first-order valence-electron chi connectivity index (χ1n) is 4.97. The molecule has 4 heteroatoms. The SMILES string of the molecule is C1C[C@@H](c2noc(C3CC3)n2)CN1. The van der Waals surface area contributed by atoms with Crippen LogP contribution in [0.2, 0.25) is 0 Å². The van der Waals surface area contributed by atoms with Gasteiger partial charge in [0.25, 0.3) is 0 Å². The summed E-state index contributed by atoms with van der Waals surface area (Å²) in [5, 5.41) is 7.34. The molecule has 0 spiro atoms. The highest BCUT2D eigenvalue weighted by molar-refractivity contribution is 5.05. The van der Waals surface area contributed by atoms with E-state index in [1.807, 2.05) is 0 Å². The summed E-state index contributed by atoms with van der Waals surface area (Å²) in [7, 11) is 0. The number of aromatic nitrogens is 2. The third kappa shape index (κ3) is 1.35. The summed E-state index contributed by atoms with van der Waals surface area (Å²) in [6.07, 6.45) is 3.60. The molecule has 2 fully saturated rings. The number of nitrogens with zero attached hydrogens (tertiary/aromatic N) is 2. The second-order valence-electron chi connectivity index (χ2n) is 3.95. The van der Waals surface area contributed by atoms with Gasteiger partial charge in [0.1, 0.15) is 0 Å². The quantitative estimate of drug-likeness (QED) is 0.736. The van der Waals surface area contributed by atoms with Gasteiger partial charge < -0.3 is 9.84 Å². The Morgan fingerprint density at radius 2 is 2.15 bits per heavy atom. The fraction of sp³-hybridized carbons (Fsp3) is 0.778. The van der Waals surface area contributed by atoms with Crippen LogP contribution in [-0.2, 0) is 0 Å². The lowest BCUT2D eigenvalue weighted by Gasteiger charge is -1.98. The van der Waals surface area contributed by atoms with Gasteiger partial charge >= 0.3 is 0 Å². The van der Waals surface area contributed by atoms with Crippen molar-refractivity contribution in [1.29, 1.82) is 0 Å². The highest BCUT2D eigenvalue weighted by atomic mass is 16.5. The van der Waals surface area contributed by atoms with Gasteiger partial charge in [-0.2, -0.15) is 4.98 Å². The van der Waals surface area contributed by atoms with E-state index in [9.17, 15) is 0 Å². The Hall–Kier alpha value is -0.900. The average Bonchev–Trinajstić information content (AvgIpc) is 2.72. The monoisotopic (exact) mass is 179 g/mol. The first-order valence-corrected chi connectivity index (χ1v) is 4.97. The second kappa shape index (κ2) is 2.80. The van der Waals surface area contributed by atoms with Crippen LogP contribution in [0.3, 0.4) is 0 Å². The van der Waals surface area contributed by atoms with Crippen molar-refractivity contribution in [2.24, 2.45) is 0 Å². The molecule has 0 radical (unpaired) electrons. The van der Waals surface area contributed by atoms with Crippen LogP contribution in [0.25, 0.3) is 0 Å². The van der Waals surface area contributed by atoms with Crippen LogP contribution in [0.15, 0.2) is 4.52 Å². The molecule has 1 atom stereocenters. The summed E-state index contributed by atoms with van der Waals surface area (Å²) < 4.78 is 5.21. The Kier molecular flexibility index (Phi) is 1.62. The lowest BCUT2D eigenvalue weighted by molar-refractivity contribution is 0.371. The summed E-state index contributed by atoms with van der Waals surface area (Å²) in [5.41, 5.74) is 0. The van der Waals surface area contributed by atoms with Crippen LogP contribution in [0.5, 0.6) is 0 Å². The zero-order valence-electron chi connectivity index (χ0n) is 7.49. The molecule has 1 aromatic rings. The normalized spacial score (nSPS) is 28.2. The molecule has 2 heterocycles. The molecule has 70 valence electrons. The van der Waals surface area contributed by atoms with Gasteiger partial charge in [-0.1, -0.05) is 5.16 Å². The Morgan fingerprint density at radius 3 is 2.85 bits per heavy atom. The van der Waals surface area contributed by atoms with E-state index in [1.165, 1.54) is 12.8 Å². The van der Waals surface area contributed by atoms with Crippen LogP contribution in [-0.4, -0.2) is 23.2 Å². The Bertz CT molecular complexity index is 300. The molecule has 0 aromatic carbocycles. The van der Waals surface area contributed by atoms with Gasteiger partial charge in [-0.05, 0) is 25.8 Å². The number of nitrogens with one attached hydrogen (secondary N) is 1. The largest absolute Gasteiger partial charge is 0.339 e. The smallest absolute Gasteiger partial charge is 0.229 e. The molecule has 4 nitrogen and oxygen atoms in total. The van der Waals surface area contributed by atoms with Gasteiger partial charge in [-0.25, -0.2) is 0 Å². The molecule has 13 heavy (non-hydrogen) atoms. The van der Waals surface area contributed by atoms with E-state index in [-0.39, 0.29) is 0 Å². The van der Waals surface area contributed by atoms with Crippen molar-refractivity contribution in [2.45, 2.75) is 31.1 Å². The maximum Gasteiger partial charge on any atom is 0.229 e. The van der Waals surface area contributed by atoms with Crippen molar-refractivity contribution < 1.29 is 4.52 Å². The van der Waals surface area contributed by atoms with E-state index >= 15 is 0 Å². The van der Waals surface area contributed by atoms with Gasteiger partial charge in [0.2, 0.25) is 5.89 Å². The molecule has 1 saturated heterocycles. The molecule has 2 aliphatic rings. The molecule has 1 aliphatic heterocycles. The number of hydrogen-bond acceptors (Lipinski definition) is 4. The maximum absolute atomic E-state index is 5.21. The fourth-order valence-corrected chi connectivity index (χ4v) is 1.78. The topological polar surface area (TPSA) is 51.0 Å². The van der Waals surface area contributed by atoms with E-state index < -0.39 is 0 Å². The minimum Gasteiger partial charge on any atom is -0.339 e. The van der Waals surface area contributed by atoms with E-state index in [1.54, 1.807) is 0 Å². The molecule has 0 bridgehead atoms. The Morgan fingerprint density at radius 1 is 1.23 bits per heavy atom. The van der Waals surface area contributed by atoms with Crippen LogP contribution in [0.4, 0.5) is 0 Å². The van der Waals surface area contributed by atoms with Gasteiger partial charge in [0, 0.05) is 18.4 Å². The maximum atomic E-state index is 5.21. The molecule has 3 rings (SSSR count). The van der Waals surface area contributed by atoms with Gasteiger partial charge in [-0.3, -0.25) is 0 Å². The van der Waals surface area contributed by atoms with Crippen molar-refractivity contribution >= 4 is 0 Å². The first kappa shape index (κ1) is 7.50. The molecule has 0 unspecified atom stereocenters. The average molecular weight is 179 g/mol. The van der Waals surface area contributed by atoms with Crippen molar-refractivity contribution in [3.63, 3.8) is 0 Å². The second-order valence-corrected chi connectivity index (χ2v) is 3.95. The van der Waals surface area contributed by atoms with Gasteiger partial charge in [0.05, 0.1) is 0 Å². The molecule has 1 aliphatic carbocycles. The highest BCUT2D eigenvalue weighted by Gasteiger charge is 2.31. The first-order chi connectivity index (χ1) is 6.43. The Balaban J connectivity index is 1.79. The minimum atomic E-state index is 0.483. The minimum absolute atomic E-state index is 0.483. The third-order valence-corrected chi connectivity index (χ3v) is 2.81. The lowest BCUT2D eigenvalue weighted by Crippen LogP contribution is -2.08. The van der Waals surface area contributed by atoms with Gasteiger partial charge in [-0.15, -0.1) is 0 Å². The van der Waals surface area contributed by atoms with Crippen molar-refractivity contribution in [2.75, 3.05) is 13.1 Å². The van der Waals surface area contributed by atoms with Crippen molar-refractivity contribution in [3.8, 4) is 0 Å². The molecule has 0 amide bonds. The van der Waals surface area contributed by atoms with Crippen molar-refractivity contribution in [3.05, 3.63) is 11.7 Å². The lowest BCUT2D eigenvalue weighted by atomic mass is 10.1. The van der Waals surface area contributed by atoms with Crippen LogP contribution < -0.4 is 5.32 Å². The Labute approximate surface area is 76.7 Å². The number of hydrogen-bond donors (Lipinski definition) is 1. The van der Waals surface area contributed by atoms with Crippen LogP contribution >= 0.6 is 0 Å². The number of rotatable bonds is 2. The van der Waals surface area contributed by atoms with E-state index in [2.05, 4.69) is 15.5 Å². The summed E-state index contributed by atoms with van der Waals surface area (Å²) in [4.78, 5) is 4.44. The molecular formula is C9H13N3O.